The lowest BCUT2D eigenvalue weighted by Crippen LogP contribution is -2.31. The monoisotopic (exact) mass is 481 g/mol. The Hall–Kier alpha value is -4.63. The number of halogens is 1. The van der Waals surface area contributed by atoms with E-state index in [-0.39, 0.29) is 5.15 Å². The zero-order chi connectivity index (χ0) is 23.5. The van der Waals surface area contributed by atoms with Crippen LogP contribution in [-0.2, 0) is 0 Å². The highest BCUT2D eigenvalue weighted by Crippen LogP contribution is 2.41. The van der Waals surface area contributed by atoms with Crippen molar-refractivity contribution in [3.8, 4) is 22.8 Å². The van der Waals surface area contributed by atoms with Crippen LogP contribution in [-0.4, -0.2) is 35.6 Å². The van der Waals surface area contributed by atoms with Gasteiger partial charge in [-0.2, -0.15) is 0 Å². The molecule has 35 heavy (non-hydrogen) atoms. The Kier molecular flexibility index (Phi) is 4.21. The van der Waals surface area contributed by atoms with Crippen molar-refractivity contribution in [1.29, 1.82) is 0 Å². The van der Waals surface area contributed by atoms with Crippen molar-refractivity contribution in [2.24, 2.45) is 0 Å². The van der Waals surface area contributed by atoms with Crippen LogP contribution in [0.5, 0.6) is 5.75 Å². The van der Waals surface area contributed by atoms with E-state index in [1.807, 2.05) is 42.6 Å². The number of rotatable bonds is 3. The van der Waals surface area contributed by atoms with Gasteiger partial charge in [0.15, 0.2) is 0 Å². The highest BCUT2D eigenvalue weighted by Gasteiger charge is 2.33. The molecule has 1 aliphatic rings. The third-order valence-electron chi connectivity index (χ3n) is 6.16. The molecule has 0 spiro atoms. The van der Waals surface area contributed by atoms with E-state index < -0.39 is 12.1 Å². The molecule has 1 unspecified atom stereocenters. The van der Waals surface area contributed by atoms with Gasteiger partial charge in [-0.1, -0.05) is 23.7 Å². The molecule has 1 amide bonds. The number of pyridine rings is 2. The topological polar surface area (TPSA) is 114 Å². The largest absolute Gasteiger partial charge is 0.413 e. The molecule has 0 aliphatic carbocycles. The Morgan fingerprint density at radius 3 is 3.00 bits per heavy atom. The van der Waals surface area contributed by atoms with Crippen molar-refractivity contribution in [2.45, 2.75) is 6.04 Å². The number of hydrogen-bond donors (Lipinski definition) is 3. The lowest BCUT2D eigenvalue weighted by Gasteiger charge is -2.15. The van der Waals surface area contributed by atoms with Crippen LogP contribution in [0.4, 0.5) is 4.79 Å². The van der Waals surface area contributed by atoms with Crippen LogP contribution in [0.3, 0.4) is 0 Å². The molecular weight excluding hydrogens is 466 g/mol. The Bertz CT molecular complexity index is 1730. The van der Waals surface area contributed by atoms with Crippen molar-refractivity contribution in [2.75, 3.05) is 0 Å². The lowest BCUT2D eigenvalue weighted by molar-refractivity contribution is 0.198. The molecule has 7 rings (SSSR count). The molecule has 0 bridgehead atoms. The summed E-state index contributed by atoms with van der Waals surface area (Å²) in [5.74, 6) is 1.06. The van der Waals surface area contributed by atoms with Gasteiger partial charge in [0.1, 0.15) is 28.4 Å². The van der Waals surface area contributed by atoms with Gasteiger partial charge in [-0.15, -0.1) is 0 Å². The first kappa shape index (κ1) is 19.8. The molecule has 0 saturated heterocycles. The summed E-state index contributed by atoms with van der Waals surface area (Å²) in [7, 11) is 0. The van der Waals surface area contributed by atoms with Crippen molar-refractivity contribution in [3.05, 3.63) is 89.7 Å². The molecule has 10 heteroatoms. The lowest BCUT2D eigenvalue weighted by atomic mass is 10.0. The molecule has 0 radical (unpaired) electrons. The predicted molar refractivity (Wildman–Crippen MR) is 131 cm³/mol. The number of amides is 1. The van der Waals surface area contributed by atoms with E-state index in [2.05, 4.69) is 29.8 Å². The number of imidazole rings is 1. The van der Waals surface area contributed by atoms with Gasteiger partial charge in [0.25, 0.3) is 0 Å². The highest BCUT2D eigenvalue weighted by atomic mass is 35.5. The average Bonchev–Trinajstić information content (AvgIpc) is 3.63. The summed E-state index contributed by atoms with van der Waals surface area (Å²) in [5, 5.41) is 3.91. The second kappa shape index (κ2) is 7.44. The number of aromatic nitrogens is 6. The number of carbonyl (C=O) groups excluding carboxylic acids is 1. The third-order valence-corrected chi connectivity index (χ3v) is 6.35. The van der Waals surface area contributed by atoms with Crippen LogP contribution in [0.2, 0.25) is 5.15 Å². The molecule has 3 N–H and O–H groups in total. The number of benzene rings is 1. The molecule has 6 heterocycles. The van der Waals surface area contributed by atoms with E-state index in [0.29, 0.717) is 16.8 Å². The number of aromatic amines is 2. The molecule has 1 aliphatic heterocycles. The van der Waals surface area contributed by atoms with Gasteiger partial charge in [-0.25, -0.2) is 14.8 Å². The Labute approximate surface area is 202 Å². The van der Waals surface area contributed by atoms with Gasteiger partial charge >= 0.3 is 6.09 Å². The third kappa shape index (κ3) is 3.09. The molecule has 170 valence electrons. The number of fused-ring (bicyclic) bond motifs is 5. The second-order valence-electron chi connectivity index (χ2n) is 8.17. The molecule has 9 nitrogen and oxygen atoms in total. The standard InChI is InChI=1S/C25H16ClN7O2/c26-20-11-19(13-6-9-28-23(13)31-20)35-25(34)32-21-14-3-1-4-15(22(14)33-10-2-5-18(21)33)24-29-16-7-8-27-12-17(16)30-24/h1-12,21H,(H,28,31)(H,29,30)(H,32,34). The maximum absolute atomic E-state index is 13.0. The normalized spacial score (nSPS) is 14.3. The Morgan fingerprint density at radius 2 is 2.09 bits per heavy atom. The molecule has 0 fully saturated rings. The Morgan fingerprint density at radius 1 is 1.14 bits per heavy atom. The molecule has 5 aromatic heterocycles. The summed E-state index contributed by atoms with van der Waals surface area (Å²) in [6.07, 6.45) is 6.56. The minimum absolute atomic E-state index is 0.230. The fourth-order valence-electron chi connectivity index (χ4n) is 4.69. The quantitative estimate of drug-likeness (QED) is 0.303. The van der Waals surface area contributed by atoms with Crippen LogP contribution in [0, 0.1) is 0 Å². The van der Waals surface area contributed by atoms with E-state index >= 15 is 0 Å². The predicted octanol–water partition coefficient (Wildman–Crippen LogP) is 5.14. The van der Waals surface area contributed by atoms with Gasteiger partial charge in [0.2, 0.25) is 0 Å². The van der Waals surface area contributed by atoms with E-state index in [1.165, 1.54) is 6.07 Å². The first-order valence-corrected chi connectivity index (χ1v) is 11.3. The van der Waals surface area contributed by atoms with Gasteiger partial charge in [-0.05, 0) is 30.3 Å². The van der Waals surface area contributed by atoms with Crippen LogP contribution < -0.4 is 10.1 Å². The number of para-hydroxylation sites is 1. The number of H-pyrrole nitrogens is 2. The van der Waals surface area contributed by atoms with E-state index in [9.17, 15) is 4.79 Å². The van der Waals surface area contributed by atoms with Crippen LogP contribution in [0.15, 0.2) is 73.3 Å². The average molecular weight is 482 g/mol. The van der Waals surface area contributed by atoms with E-state index in [1.54, 1.807) is 24.7 Å². The summed E-state index contributed by atoms with van der Waals surface area (Å²) in [6, 6.07) is 14.7. The summed E-state index contributed by atoms with van der Waals surface area (Å²) >= 11 is 6.10. The minimum atomic E-state index is -0.597. The zero-order valence-corrected chi connectivity index (χ0v) is 18.7. The molecular formula is C25H16ClN7O2. The first-order valence-electron chi connectivity index (χ1n) is 10.9. The zero-order valence-electron chi connectivity index (χ0n) is 18.0. The van der Waals surface area contributed by atoms with Gasteiger partial charge in [0, 0.05) is 41.5 Å². The smallest absolute Gasteiger partial charge is 0.409 e. The van der Waals surface area contributed by atoms with Gasteiger partial charge in [-0.3, -0.25) is 4.98 Å². The number of hydrogen-bond acceptors (Lipinski definition) is 5. The summed E-state index contributed by atoms with van der Waals surface area (Å²) in [6.45, 7) is 0. The van der Waals surface area contributed by atoms with Gasteiger partial charge in [0.05, 0.1) is 28.3 Å². The van der Waals surface area contributed by atoms with Crippen molar-refractivity contribution in [3.63, 3.8) is 0 Å². The summed E-state index contributed by atoms with van der Waals surface area (Å²) < 4.78 is 7.73. The highest BCUT2D eigenvalue weighted by molar-refractivity contribution is 6.30. The summed E-state index contributed by atoms with van der Waals surface area (Å²) in [4.78, 5) is 32.5. The van der Waals surface area contributed by atoms with Crippen molar-refractivity contribution < 1.29 is 9.53 Å². The Balaban J connectivity index is 1.26. The summed E-state index contributed by atoms with van der Waals surface area (Å²) in [5.41, 5.74) is 5.97. The molecule has 1 atom stereocenters. The molecule has 1 aromatic carbocycles. The van der Waals surface area contributed by atoms with Crippen molar-refractivity contribution in [1.82, 2.24) is 34.8 Å². The fraction of sp³-hybridized carbons (Fsp3) is 0.0400. The maximum atomic E-state index is 13.0. The number of carbonyl (C=O) groups is 1. The second-order valence-corrected chi connectivity index (χ2v) is 8.56. The maximum Gasteiger partial charge on any atom is 0.413 e. The van der Waals surface area contributed by atoms with E-state index in [0.717, 1.165) is 39.4 Å². The molecule has 0 saturated carbocycles. The number of nitrogens with zero attached hydrogens (tertiary/aromatic N) is 4. The minimum Gasteiger partial charge on any atom is -0.409 e. The fourth-order valence-corrected chi connectivity index (χ4v) is 4.87. The first-order chi connectivity index (χ1) is 17.2. The van der Waals surface area contributed by atoms with Crippen molar-refractivity contribution >= 4 is 39.8 Å². The number of ether oxygens (including phenoxy) is 1. The van der Waals surface area contributed by atoms with Crippen LogP contribution in [0.1, 0.15) is 17.3 Å². The SMILES string of the molecule is O=C(NC1c2cccc(-c3nc4ccncc4[nH]3)c2-n2cccc21)Oc1cc(Cl)nc2[nH]ccc12. The number of nitrogens with one attached hydrogen (secondary N) is 3. The van der Waals surface area contributed by atoms with Crippen LogP contribution in [0.25, 0.3) is 39.1 Å². The molecule has 6 aromatic rings. The van der Waals surface area contributed by atoms with Crippen LogP contribution >= 0.6 is 11.6 Å². The van der Waals surface area contributed by atoms with E-state index in [4.69, 9.17) is 21.3 Å². The van der Waals surface area contributed by atoms with Gasteiger partial charge < -0.3 is 24.6 Å².